The molecule has 0 radical (unpaired) electrons. The Hall–Kier alpha value is -1.91. The number of rotatable bonds is 6. The summed E-state index contributed by atoms with van der Waals surface area (Å²) in [5.74, 6) is -0.381. The molecule has 1 atom stereocenters. The lowest BCUT2D eigenvalue weighted by atomic mass is 9.89. The highest BCUT2D eigenvalue weighted by Gasteiger charge is 2.25. The smallest absolute Gasteiger partial charge is 0.251 e. The first kappa shape index (κ1) is 18.4. The molecule has 2 amide bonds. The van der Waals surface area contributed by atoms with Gasteiger partial charge in [-0.3, -0.25) is 9.59 Å². The Balaban J connectivity index is 1.91. The minimum Gasteiger partial charge on any atom is -0.354 e. The lowest BCUT2D eigenvalue weighted by molar-refractivity contribution is -0.124. The minimum absolute atomic E-state index is 0.0271. The molecule has 0 heterocycles. The summed E-state index contributed by atoms with van der Waals surface area (Å²) < 4.78 is 13.0. The third kappa shape index (κ3) is 5.32. The summed E-state index contributed by atoms with van der Waals surface area (Å²) in [5.41, 5.74) is 0.349. The highest BCUT2D eigenvalue weighted by atomic mass is 19.1. The Bertz CT molecular complexity index is 551. The largest absolute Gasteiger partial charge is 0.354 e. The summed E-state index contributed by atoms with van der Waals surface area (Å²) in [7, 11) is 0. The molecule has 1 aromatic rings. The van der Waals surface area contributed by atoms with Gasteiger partial charge >= 0.3 is 0 Å². The molecular formula is C19H27FN2O2. The number of carbonyl (C=O) groups is 2. The number of nitrogens with one attached hydrogen (secondary N) is 2. The molecule has 1 aliphatic carbocycles. The number of hydrogen-bond acceptors (Lipinski definition) is 2. The number of carbonyl (C=O) groups excluding carboxylic acids is 2. The minimum atomic E-state index is -0.592. The number of benzene rings is 1. The van der Waals surface area contributed by atoms with Crippen molar-refractivity contribution in [1.29, 1.82) is 0 Å². The molecule has 4 nitrogen and oxygen atoms in total. The molecule has 1 aromatic carbocycles. The third-order valence-electron chi connectivity index (χ3n) is 4.63. The van der Waals surface area contributed by atoms with E-state index in [2.05, 4.69) is 10.6 Å². The van der Waals surface area contributed by atoms with E-state index in [4.69, 9.17) is 0 Å². The summed E-state index contributed by atoms with van der Waals surface area (Å²) in [6.07, 6.45) is 6.07. The second kappa shape index (κ2) is 8.81. The molecule has 0 bridgehead atoms. The first-order valence-electron chi connectivity index (χ1n) is 8.81. The van der Waals surface area contributed by atoms with E-state index in [0.29, 0.717) is 18.0 Å². The molecule has 0 aliphatic heterocycles. The number of halogens is 1. The van der Waals surface area contributed by atoms with Gasteiger partial charge in [0.25, 0.3) is 5.91 Å². The number of hydrogen-bond donors (Lipinski definition) is 2. The average molecular weight is 334 g/mol. The fraction of sp³-hybridized carbons (Fsp3) is 0.579. The molecular weight excluding hydrogens is 307 g/mol. The SMILES string of the molecule is CC(C)[C@@H](NC(=O)c1ccc(F)cc1)C(=O)NCC1CCCCC1. The lowest BCUT2D eigenvalue weighted by Crippen LogP contribution is -2.50. The van der Waals surface area contributed by atoms with Crippen LogP contribution in [0.4, 0.5) is 4.39 Å². The molecule has 132 valence electrons. The van der Waals surface area contributed by atoms with E-state index in [1.165, 1.54) is 43.5 Å². The van der Waals surface area contributed by atoms with Crippen LogP contribution in [-0.2, 0) is 4.79 Å². The molecule has 2 rings (SSSR count). The second-order valence-electron chi connectivity index (χ2n) is 6.95. The standard InChI is InChI=1S/C19H27FN2O2/c1-13(2)17(19(24)21-12-14-6-4-3-5-7-14)22-18(23)15-8-10-16(20)11-9-15/h8-11,13-14,17H,3-7,12H2,1-2H3,(H,21,24)(H,22,23)/t17-/m1/s1. The molecule has 0 saturated heterocycles. The Morgan fingerprint density at radius 2 is 1.75 bits per heavy atom. The van der Waals surface area contributed by atoms with Crippen molar-refractivity contribution in [3.05, 3.63) is 35.6 Å². The van der Waals surface area contributed by atoms with Gasteiger partial charge in [-0.25, -0.2) is 4.39 Å². The van der Waals surface area contributed by atoms with Crippen molar-refractivity contribution in [3.8, 4) is 0 Å². The molecule has 1 fully saturated rings. The van der Waals surface area contributed by atoms with Gasteiger partial charge in [0.15, 0.2) is 0 Å². The quantitative estimate of drug-likeness (QED) is 0.839. The zero-order valence-electron chi connectivity index (χ0n) is 14.5. The molecule has 24 heavy (non-hydrogen) atoms. The first-order chi connectivity index (χ1) is 11.5. The molecule has 0 unspecified atom stereocenters. The van der Waals surface area contributed by atoms with Crippen LogP contribution in [0.5, 0.6) is 0 Å². The lowest BCUT2D eigenvalue weighted by Gasteiger charge is -2.25. The highest BCUT2D eigenvalue weighted by Crippen LogP contribution is 2.22. The zero-order chi connectivity index (χ0) is 17.5. The predicted octanol–water partition coefficient (Wildman–Crippen LogP) is 3.28. The van der Waals surface area contributed by atoms with Crippen molar-refractivity contribution in [2.24, 2.45) is 11.8 Å². The van der Waals surface area contributed by atoms with E-state index in [1.54, 1.807) is 0 Å². The maximum absolute atomic E-state index is 13.0. The summed E-state index contributed by atoms with van der Waals surface area (Å²) in [5, 5.41) is 5.75. The van der Waals surface area contributed by atoms with Gasteiger partial charge in [-0.2, -0.15) is 0 Å². The van der Waals surface area contributed by atoms with Gasteiger partial charge in [-0.15, -0.1) is 0 Å². The molecule has 2 N–H and O–H groups in total. The van der Waals surface area contributed by atoms with Crippen LogP contribution in [-0.4, -0.2) is 24.4 Å². The Kier molecular flexibility index (Phi) is 6.76. The van der Waals surface area contributed by atoms with Gasteiger partial charge in [0.2, 0.25) is 5.91 Å². The van der Waals surface area contributed by atoms with Crippen LogP contribution in [0, 0.1) is 17.7 Å². The highest BCUT2D eigenvalue weighted by molar-refractivity contribution is 5.97. The monoisotopic (exact) mass is 334 g/mol. The molecule has 5 heteroatoms. The molecule has 0 aromatic heterocycles. The molecule has 0 spiro atoms. The van der Waals surface area contributed by atoms with E-state index in [1.807, 2.05) is 13.8 Å². The van der Waals surface area contributed by atoms with Crippen molar-refractivity contribution >= 4 is 11.8 Å². The van der Waals surface area contributed by atoms with Gasteiger partial charge in [-0.1, -0.05) is 33.1 Å². The maximum Gasteiger partial charge on any atom is 0.251 e. The van der Waals surface area contributed by atoms with E-state index < -0.39 is 11.9 Å². The predicted molar refractivity (Wildman–Crippen MR) is 92.1 cm³/mol. The van der Waals surface area contributed by atoms with E-state index >= 15 is 0 Å². The van der Waals surface area contributed by atoms with Crippen LogP contribution in [0.15, 0.2) is 24.3 Å². The van der Waals surface area contributed by atoms with Crippen LogP contribution >= 0.6 is 0 Å². The van der Waals surface area contributed by atoms with E-state index in [0.717, 1.165) is 12.8 Å². The normalized spacial score (nSPS) is 16.7. The van der Waals surface area contributed by atoms with E-state index in [-0.39, 0.29) is 17.7 Å². The van der Waals surface area contributed by atoms with Crippen LogP contribution in [0.3, 0.4) is 0 Å². The van der Waals surface area contributed by atoms with E-state index in [9.17, 15) is 14.0 Å². The summed E-state index contributed by atoms with van der Waals surface area (Å²) in [6, 6.07) is 4.72. The van der Waals surface area contributed by atoms with Gasteiger partial charge in [0, 0.05) is 12.1 Å². The average Bonchev–Trinajstić information content (AvgIpc) is 2.58. The molecule has 1 saturated carbocycles. The van der Waals surface area contributed by atoms with Crippen LogP contribution < -0.4 is 10.6 Å². The zero-order valence-corrected chi connectivity index (χ0v) is 14.5. The Morgan fingerprint density at radius 1 is 1.12 bits per heavy atom. The van der Waals surface area contributed by atoms with Crippen LogP contribution in [0.1, 0.15) is 56.3 Å². The van der Waals surface area contributed by atoms with Gasteiger partial charge in [0.05, 0.1) is 0 Å². The van der Waals surface area contributed by atoms with Crippen molar-refractivity contribution in [2.75, 3.05) is 6.54 Å². The first-order valence-corrected chi connectivity index (χ1v) is 8.81. The Morgan fingerprint density at radius 3 is 2.33 bits per heavy atom. The van der Waals surface area contributed by atoms with Gasteiger partial charge in [-0.05, 0) is 48.9 Å². The molecule has 1 aliphatic rings. The number of amides is 2. The van der Waals surface area contributed by atoms with Crippen LogP contribution in [0.25, 0.3) is 0 Å². The van der Waals surface area contributed by atoms with Crippen molar-refractivity contribution in [2.45, 2.75) is 52.0 Å². The van der Waals surface area contributed by atoms with Crippen LogP contribution in [0.2, 0.25) is 0 Å². The Labute approximate surface area is 143 Å². The topological polar surface area (TPSA) is 58.2 Å². The second-order valence-corrected chi connectivity index (χ2v) is 6.95. The summed E-state index contributed by atoms with van der Waals surface area (Å²) in [4.78, 5) is 24.7. The summed E-state index contributed by atoms with van der Waals surface area (Å²) >= 11 is 0. The summed E-state index contributed by atoms with van der Waals surface area (Å²) in [6.45, 7) is 4.47. The van der Waals surface area contributed by atoms with Crippen molar-refractivity contribution in [1.82, 2.24) is 10.6 Å². The fourth-order valence-corrected chi connectivity index (χ4v) is 3.11. The van der Waals surface area contributed by atoms with Gasteiger partial charge < -0.3 is 10.6 Å². The van der Waals surface area contributed by atoms with Crippen molar-refractivity contribution in [3.63, 3.8) is 0 Å². The maximum atomic E-state index is 13.0. The van der Waals surface area contributed by atoms with Gasteiger partial charge in [0.1, 0.15) is 11.9 Å². The third-order valence-corrected chi connectivity index (χ3v) is 4.63. The fourth-order valence-electron chi connectivity index (χ4n) is 3.11. The van der Waals surface area contributed by atoms with Crippen molar-refractivity contribution < 1.29 is 14.0 Å².